The highest BCUT2D eigenvalue weighted by Gasteiger charge is 2.04. The molecule has 3 N–H and O–H groups in total. The van der Waals surface area contributed by atoms with Crippen molar-refractivity contribution >= 4 is 17.3 Å². The number of hydrogen-bond acceptors (Lipinski definition) is 4. The summed E-state index contributed by atoms with van der Waals surface area (Å²) < 4.78 is 5.58. The number of nitrogen functional groups attached to an aromatic ring is 1. The number of benzene rings is 1. The molecule has 1 amide bonds. The van der Waals surface area contributed by atoms with E-state index >= 15 is 0 Å². The largest absolute Gasteiger partial charge is 0.437 e. The molecule has 0 aliphatic heterocycles. The maximum atomic E-state index is 11.1. The number of nitrogens with one attached hydrogen (secondary N) is 1. The first-order chi connectivity index (χ1) is 9.58. The second kappa shape index (κ2) is 5.88. The molecule has 2 rings (SSSR count). The van der Waals surface area contributed by atoms with Gasteiger partial charge >= 0.3 is 0 Å². The molecular weight excluding hydrogens is 254 g/mol. The molecule has 1 aromatic carbocycles. The van der Waals surface area contributed by atoms with Gasteiger partial charge < -0.3 is 15.8 Å². The Bertz CT molecular complexity index is 636. The van der Waals surface area contributed by atoms with Gasteiger partial charge in [0.05, 0.1) is 5.69 Å². The molecule has 102 valence electrons. The standard InChI is InChI=1S/C15H15N3O2/c1-3-14(19)18-11-4-6-12(7-5-11)20-15-13(16)8-10(2)9-17-15/h3-9H,1,16H2,2H3,(H,18,19). The van der Waals surface area contributed by atoms with Crippen molar-refractivity contribution in [1.29, 1.82) is 0 Å². The molecule has 0 saturated carbocycles. The van der Waals surface area contributed by atoms with Crippen molar-refractivity contribution in [1.82, 2.24) is 4.98 Å². The summed E-state index contributed by atoms with van der Waals surface area (Å²) in [5, 5.41) is 2.65. The Morgan fingerprint density at radius 2 is 2.10 bits per heavy atom. The van der Waals surface area contributed by atoms with Gasteiger partial charge in [0.1, 0.15) is 5.75 Å². The Hall–Kier alpha value is -2.82. The third kappa shape index (κ3) is 3.35. The van der Waals surface area contributed by atoms with E-state index in [2.05, 4.69) is 16.9 Å². The van der Waals surface area contributed by atoms with Gasteiger partial charge in [0.25, 0.3) is 0 Å². The molecule has 1 aromatic heterocycles. The molecule has 0 fully saturated rings. The number of aromatic nitrogens is 1. The number of carbonyl (C=O) groups excluding carboxylic acids is 1. The van der Waals surface area contributed by atoms with E-state index in [-0.39, 0.29) is 5.91 Å². The molecule has 2 aromatic rings. The highest BCUT2D eigenvalue weighted by molar-refractivity contribution is 5.98. The smallest absolute Gasteiger partial charge is 0.247 e. The molecule has 0 bridgehead atoms. The van der Waals surface area contributed by atoms with Crippen molar-refractivity contribution in [3.05, 3.63) is 54.7 Å². The molecule has 0 spiro atoms. The molecule has 0 atom stereocenters. The van der Waals surface area contributed by atoms with Crippen molar-refractivity contribution < 1.29 is 9.53 Å². The minimum absolute atomic E-state index is 0.261. The van der Waals surface area contributed by atoms with Gasteiger partial charge in [-0.3, -0.25) is 4.79 Å². The minimum atomic E-state index is -0.261. The number of hydrogen-bond donors (Lipinski definition) is 2. The van der Waals surface area contributed by atoms with E-state index in [1.807, 2.05) is 6.92 Å². The Morgan fingerprint density at radius 3 is 2.70 bits per heavy atom. The topological polar surface area (TPSA) is 77.2 Å². The van der Waals surface area contributed by atoms with E-state index in [1.165, 1.54) is 6.08 Å². The van der Waals surface area contributed by atoms with Gasteiger partial charge in [-0.25, -0.2) is 4.98 Å². The van der Waals surface area contributed by atoms with Crippen LogP contribution < -0.4 is 15.8 Å². The molecule has 0 radical (unpaired) electrons. The van der Waals surface area contributed by atoms with Gasteiger partial charge in [-0.1, -0.05) is 6.58 Å². The van der Waals surface area contributed by atoms with E-state index in [0.717, 1.165) is 5.56 Å². The van der Waals surface area contributed by atoms with Crippen molar-refractivity contribution in [2.45, 2.75) is 6.92 Å². The van der Waals surface area contributed by atoms with Crippen LogP contribution in [-0.4, -0.2) is 10.9 Å². The van der Waals surface area contributed by atoms with E-state index < -0.39 is 0 Å². The van der Waals surface area contributed by atoms with Gasteiger partial charge in [-0.2, -0.15) is 0 Å². The van der Waals surface area contributed by atoms with E-state index in [1.54, 1.807) is 36.5 Å². The molecule has 0 aliphatic rings. The highest BCUT2D eigenvalue weighted by atomic mass is 16.5. The second-order valence-corrected chi connectivity index (χ2v) is 4.23. The van der Waals surface area contributed by atoms with Gasteiger partial charge in [0.15, 0.2) is 0 Å². The number of nitrogens with two attached hydrogens (primary N) is 1. The summed E-state index contributed by atoms with van der Waals surface area (Å²) in [6.07, 6.45) is 2.89. The zero-order valence-corrected chi connectivity index (χ0v) is 11.1. The molecule has 1 heterocycles. The van der Waals surface area contributed by atoms with E-state index in [9.17, 15) is 4.79 Å². The Morgan fingerprint density at radius 1 is 1.40 bits per heavy atom. The fourth-order valence-electron chi connectivity index (χ4n) is 1.58. The van der Waals surface area contributed by atoms with Crippen LogP contribution in [0.15, 0.2) is 49.2 Å². The second-order valence-electron chi connectivity index (χ2n) is 4.23. The Labute approximate surface area is 117 Å². The Kier molecular flexibility index (Phi) is 4.00. The van der Waals surface area contributed by atoms with Crippen LogP contribution in [0.5, 0.6) is 11.6 Å². The molecule has 0 saturated heterocycles. The number of amides is 1. The summed E-state index contributed by atoms with van der Waals surface area (Å²) in [7, 11) is 0. The van der Waals surface area contributed by atoms with Crippen molar-refractivity contribution in [2.24, 2.45) is 0 Å². The first-order valence-electron chi connectivity index (χ1n) is 6.02. The Balaban J connectivity index is 2.10. The predicted molar refractivity (Wildman–Crippen MR) is 78.7 cm³/mol. The summed E-state index contributed by atoms with van der Waals surface area (Å²) in [4.78, 5) is 15.3. The van der Waals surface area contributed by atoms with Crippen LogP contribution in [0, 0.1) is 6.92 Å². The van der Waals surface area contributed by atoms with Crippen LogP contribution in [0.3, 0.4) is 0 Å². The number of nitrogens with zero attached hydrogens (tertiary/aromatic N) is 1. The van der Waals surface area contributed by atoms with Crippen LogP contribution >= 0.6 is 0 Å². The van der Waals surface area contributed by atoms with Gasteiger partial charge in [-0.05, 0) is 48.9 Å². The summed E-state index contributed by atoms with van der Waals surface area (Å²) >= 11 is 0. The van der Waals surface area contributed by atoms with Crippen LogP contribution in [0.1, 0.15) is 5.56 Å². The fourth-order valence-corrected chi connectivity index (χ4v) is 1.58. The summed E-state index contributed by atoms with van der Waals surface area (Å²) in [6, 6.07) is 8.68. The average molecular weight is 269 g/mol. The first kappa shape index (κ1) is 13.6. The lowest BCUT2D eigenvalue weighted by atomic mass is 10.3. The zero-order valence-electron chi connectivity index (χ0n) is 11.1. The number of ether oxygens (including phenoxy) is 1. The monoisotopic (exact) mass is 269 g/mol. The molecule has 20 heavy (non-hydrogen) atoms. The van der Waals surface area contributed by atoms with Crippen molar-refractivity contribution in [3.63, 3.8) is 0 Å². The molecule has 5 nitrogen and oxygen atoms in total. The van der Waals surface area contributed by atoms with Gasteiger partial charge in [0.2, 0.25) is 11.8 Å². The molecule has 0 aliphatic carbocycles. The van der Waals surface area contributed by atoms with Crippen LogP contribution in [0.4, 0.5) is 11.4 Å². The fraction of sp³-hybridized carbons (Fsp3) is 0.0667. The number of anilines is 2. The minimum Gasteiger partial charge on any atom is -0.437 e. The lowest BCUT2D eigenvalue weighted by Crippen LogP contribution is -2.06. The van der Waals surface area contributed by atoms with Crippen LogP contribution in [0.25, 0.3) is 0 Å². The van der Waals surface area contributed by atoms with Gasteiger partial charge in [-0.15, -0.1) is 0 Å². The van der Waals surface area contributed by atoms with Crippen molar-refractivity contribution in [2.75, 3.05) is 11.1 Å². The van der Waals surface area contributed by atoms with E-state index in [4.69, 9.17) is 10.5 Å². The van der Waals surface area contributed by atoms with Gasteiger partial charge in [0, 0.05) is 11.9 Å². The quantitative estimate of drug-likeness (QED) is 0.837. The van der Waals surface area contributed by atoms with Crippen LogP contribution in [-0.2, 0) is 4.79 Å². The maximum absolute atomic E-state index is 11.1. The molecule has 5 heteroatoms. The maximum Gasteiger partial charge on any atom is 0.247 e. The van der Waals surface area contributed by atoms with Crippen molar-refractivity contribution in [3.8, 4) is 11.6 Å². The summed E-state index contributed by atoms with van der Waals surface area (Å²) in [6.45, 7) is 5.30. The third-order valence-electron chi connectivity index (χ3n) is 2.54. The zero-order chi connectivity index (χ0) is 14.5. The lowest BCUT2D eigenvalue weighted by molar-refractivity contribution is -0.111. The number of pyridine rings is 1. The number of aryl methyl sites for hydroxylation is 1. The third-order valence-corrected chi connectivity index (χ3v) is 2.54. The highest BCUT2D eigenvalue weighted by Crippen LogP contribution is 2.26. The predicted octanol–water partition coefficient (Wildman–Crippen LogP) is 2.89. The lowest BCUT2D eigenvalue weighted by Gasteiger charge is -2.08. The first-order valence-corrected chi connectivity index (χ1v) is 6.02. The number of rotatable bonds is 4. The molecule has 0 unspecified atom stereocenters. The summed E-state index contributed by atoms with van der Waals surface area (Å²) in [5.74, 6) is 0.686. The van der Waals surface area contributed by atoms with Crippen LogP contribution in [0.2, 0.25) is 0 Å². The SMILES string of the molecule is C=CC(=O)Nc1ccc(Oc2ncc(C)cc2N)cc1. The normalized spacial score (nSPS) is 9.85. The summed E-state index contributed by atoms with van der Waals surface area (Å²) in [5.41, 5.74) is 7.94. The molecular formula is C15H15N3O2. The van der Waals surface area contributed by atoms with E-state index in [0.29, 0.717) is 23.0 Å². The number of carbonyl (C=O) groups is 1. The average Bonchev–Trinajstić information content (AvgIpc) is 2.44.